The molecule has 0 aliphatic carbocycles. The quantitative estimate of drug-likeness (QED) is 0.893. The average molecular weight is 312 g/mol. The first kappa shape index (κ1) is 16.2. The highest BCUT2D eigenvalue weighted by atomic mass is 32.2. The van der Waals surface area contributed by atoms with Gasteiger partial charge in [0, 0.05) is 43.1 Å². The van der Waals surface area contributed by atoms with Gasteiger partial charge in [-0.3, -0.25) is 0 Å². The van der Waals surface area contributed by atoms with Gasteiger partial charge in [0.05, 0.1) is 11.5 Å². The molecule has 0 bridgehead atoms. The maximum absolute atomic E-state index is 11.5. The van der Waals surface area contributed by atoms with E-state index in [4.69, 9.17) is 0 Å². The van der Waals surface area contributed by atoms with Crippen LogP contribution in [0.1, 0.15) is 32.8 Å². The Bertz CT molecular complexity index is 578. The molecule has 1 atom stereocenters. The van der Waals surface area contributed by atoms with Crippen molar-refractivity contribution < 1.29 is 8.42 Å². The van der Waals surface area contributed by atoms with Crippen LogP contribution in [0.4, 0.5) is 5.95 Å². The summed E-state index contributed by atoms with van der Waals surface area (Å²) in [4.78, 5) is 10.6. The molecule has 0 spiro atoms. The highest BCUT2D eigenvalue weighted by Gasteiger charge is 2.31. The summed E-state index contributed by atoms with van der Waals surface area (Å²) >= 11 is 0. The van der Waals surface area contributed by atoms with E-state index in [1.54, 1.807) is 12.4 Å². The van der Waals surface area contributed by atoms with Gasteiger partial charge in [-0.15, -0.1) is 0 Å². The molecule has 7 heteroatoms. The van der Waals surface area contributed by atoms with E-state index in [-0.39, 0.29) is 23.1 Å². The standard InChI is InChI=1S/C14H24N4O2S/c1-14(2,3)17-9-11-7-15-13(16-8-11)18(4)12-5-6-21(19,20)10-12/h7-8,12,17H,5-6,9-10H2,1-4H3. The Morgan fingerprint density at radius 1 is 1.33 bits per heavy atom. The van der Waals surface area contributed by atoms with Gasteiger partial charge in [0.2, 0.25) is 5.95 Å². The lowest BCUT2D eigenvalue weighted by atomic mass is 10.1. The molecule has 2 heterocycles. The van der Waals surface area contributed by atoms with Crippen LogP contribution in [0, 0.1) is 0 Å². The summed E-state index contributed by atoms with van der Waals surface area (Å²) in [6.07, 6.45) is 4.23. The third-order valence-electron chi connectivity index (χ3n) is 3.59. The molecule has 1 N–H and O–H groups in total. The van der Waals surface area contributed by atoms with Gasteiger partial charge in [0.1, 0.15) is 0 Å². The second-order valence-corrected chi connectivity index (χ2v) is 8.89. The molecular weight excluding hydrogens is 288 g/mol. The highest BCUT2D eigenvalue weighted by Crippen LogP contribution is 2.19. The van der Waals surface area contributed by atoms with Crippen molar-refractivity contribution in [2.24, 2.45) is 0 Å². The molecule has 0 aromatic carbocycles. The van der Waals surface area contributed by atoms with Crippen LogP contribution < -0.4 is 10.2 Å². The fourth-order valence-electron chi connectivity index (χ4n) is 2.23. The topological polar surface area (TPSA) is 75.2 Å². The van der Waals surface area contributed by atoms with Gasteiger partial charge in [-0.05, 0) is 27.2 Å². The Morgan fingerprint density at radius 2 is 1.95 bits per heavy atom. The minimum Gasteiger partial charge on any atom is -0.340 e. The molecule has 1 saturated heterocycles. The van der Waals surface area contributed by atoms with Gasteiger partial charge in [0.15, 0.2) is 9.84 Å². The zero-order valence-electron chi connectivity index (χ0n) is 13.1. The third kappa shape index (κ3) is 4.64. The summed E-state index contributed by atoms with van der Waals surface area (Å²) in [7, 11) is -1.03. The molecule has 1 aromatic heterocycles. The van der Waals surface area contributed by atoms with Crippen molar-refractivity contribution in [1.29, 1.82) is 0 Å². The van der Waals surface area contributed by atoms with Gasteiger partial charge < -0.3 is 10.2 Å². The normalized spacial score (nSPS) is 21.4. The minimum absolute atomic E-state index is 0.0199. The number of hydrogen-bond donors (Lipinski definition) is 1. The van der Waals surface area contributed by atoms with E-state index in [0.717, 1.165) is 5.56 Å². The van der Waals surface area contributed by atoms with Crippen molar-refractivity contribution in [3.05, 3.63) is 18.0 Å². The summed E-state index contributed by atoms with van der Waals surface area (Å²) < 4.78 is 23.1. The summed E-state index contributed by atoms with van der Waals surface area (Å²) in [6.45, 7) is 7.04. The molecular formula is C14H24N4O2S. The number of aromatic nitrogens is 2. The van der Waals surface area contributed by atoms with Gasteiger partial charge >= 0.3 is 0 Å². The molecule has 2 rings (SSSR count). The molecule has 118 valence electrons. The predicted molar refractivity (Wildman–Crippen MR) is 84.1 cm³/mol. The van der Waals surface area contributed by atoms with Crippen LogP contribution >= 0.6 is 0 Å². The number of sulfone groups is 1. The lowest BCUT2D eigenvalue weighted by molar-refractivity contribution is 0.423. The van der Waals surface area contributed by atoms with Crippen LogP contribution in [0.15, 0.2) is 12.4 Å². The fourth-order valence-corrected chi connectivity index (χ4v) is 4.01. The second-order valence-electron chi connectivity index (χ2n) is 6.66. The van der Waals surface area contributed by atoms with Gasteiger partial charge in [-0.2, -0.15) is 0 Å². The Hall–Kier alpha value is -1.21. The van der Waals surface area contributed by atoms with Crippen molar-refractivity contribution in [1.82, 2.24) is 15.3 Å². The molecule has 1 unspecified atom stereocenters. The predicted octanol–water partition coefficient (Wildman–Crippen LogP) is 0.988. The van der Waals surface area contributed by atoms with E-state index < -0.39 is 9.84 Å². The maximum atomic E-state index is 11.5. The number of anilines is 1. The Balaban J connectivity index is 1.99. The smallest absolute Gasteiger partial charge is 0.225 e. The summed E-state index contributed by atoms with van der Waals surface area (Å²) in [5, 5.41) is 3.38. The molecule has 0 saturated carbocycles. The maximum Gasteiger partial charge on any atom is 0.225 e. The van der Waals surface area contributed by atoms with Gasteiger partial charge in [-0.25, -0.2) is 18.4 Å². The lowest BCUT2D eigenvalue weighted by Gasteiger charge is -2.23. The molecule has 21 heavy (non-hydrogen) atoms. The first-order valence-electron chi connectivity index (χ1n) is 7.15. The first-order chi connectivity index (χ1) is 9.66. The van der Waals surface area contributed by atoms with Crippen molar-refractivity contribution in [3.8, 4) is 0 Å². The number of hydrogen-bond acceptors (Lipinski definition) is 6. The van der Waals surface area contributed by atoms with E-state index in [1.807, 2.05) is 11.9 Å². The van der Waals surface area contributed by atoms with Crippen molar-refractivity contribution in [3.63, 3.8) is 0 Å². The molecule has 1 aliphatic heterocycles. The van der Waals surface area contributed by atoms with E-state index in [1.165, 1.54) is 0 Å². The summed E-state index contributed by atoms with van der Waals surface area (Å²) in [5.74, 6) is 1.03. The third-order valence-corrected chi connectivity index (χ3v) is 5.34. The SMILES string of the molecule is CN(c1ncc(CNC(C)(C)C)cn1)C1CCS(=O)(=O)C1. The van der Waals surface area contributed by atoms with Crippen LogP contribution in [0.5, 0.6) is 0 Å². The zero-order valence-corrected chi connectivity index (χ0v) is 13.9. The number of nitrogens with zero attached hydrogens (tertiary/aromatic N) is 3. The zero-order chi connectivity index (χ0) is 15.7. The molecule has 1 aromatic rings. The van der Waals surface area contributed by atoms with Crippen molar-refractivity contribution in [2.45, 2.75) is 45.3 Å². The van der Waals surface area contributed by atoms with Crippen LogP contribution in [-0.4, -0.2) is 48.5 Å². The summed E-state index contributed by atoms with van der Waals surface area (Å²) in [6, 6.07) is -0.0199. The minimum atomic E-state index is -2.89. The Kier molecular flexibility index (Phi) is 4.53. The van der Waals surface area contributed by atoms with E-state index in [2.05, 4.69) is 36.1 Å². The van der Waals surface area contributed by atoms with E-state index in [9.17, 15) is 8.42 Å². The van der Waals surface area contributed by atoms with Crippen LogP contribution in [0.2, 0.25) is 0 Å². The number of rotatable bonds is 4. The van der Waals surface area contributed by atoms with Crippen LogP contribution in [0.25, 0.3) is 0 Å². The lowest BCUT2D eigenvalue weighted by Crippen LogP contribution is -2.35. The first-order valence-corrected chi connectivity index (χ1v) is 8.98. The Morgan fingerprint density at radius 3 is 2.43 bits per heavy atom. The summed E-state index contributed by atoms with van der Waals surface area (Å²) in [5.41, 5.74) is 1.06. The Labute approximate surface area is 126 Å². The monoisotopic (exact) mass is 312 g/mol. The molecule has 0 amide bonds. The highest BCUT2D eigenvalue weighted by molar-refractivity contribution is 7.91. The van der Waals surface area contributed by atoms with Crippen LogP contribution in [-0.2, 0) is 16.4 Å². The van der Waals surface area contributed by atoms with E-state index >= 15 is 0 Å². The van der Waals surface area contributed by atoms with E-state index in [0.29, 0.717) is 18.9 Å². The van der Waals surface area contributed by atoms with Crippen LogP contribution in [0.3, 0.4) is 0 Å². The number of nitrogens with one attached hydrogen (secondary N) is 1. The van der Waals surface area contributed by atoms with Gasteiger partial charge in [0.25, 0.3) is 0 Å². The largest absolute Gasteiger partial charge is 0.340 e. The fraction of sp³-hybridized carbons (Fsp3) is 0.714. The average Bonchev–Trinajstić information content (AvgIpc) is 2.76. The molecule has 6 nitrogen and oxygen atoms in total. The van der Waals surface area contributed by atoms with Crippen molar-refractivity contribution in [2.75, 3.05) is 23.5 Å². The van der Waals surface area contributed by atoms with Crippen molar-refractivity contribution >= 4 is 15.8 Å². The van der Waals surface area contributed by atoms with Gasteiger partial charge in [-0.1, -0.05) is 0 Å². The second kappa shape index (κ2) is 5.88. The molecule has 1 aliphatic rings. The molecule has 1 fully saturated rings. The molecule has 0 radical (unpaired) electrons.